The minimum atomic E-state index is 0.438. The van der Waals surface area contributed by atoms with Crippen LogP contribution in [0.25, 0.3) is 0 Å². The molecule has 4 heteroatoms. The molecule has 0 aliphatic rings. The zero-order chi connectivity index (χ0) is 13.7. The van der Waals surface area contributed by atoms with Crippen molar-refractivity contribution in [2.75, 3.05) is 0 Å². The third kappa shape index (κ3) is 4.34. The lowest BCUT2D eigenvalue weighted by Crippen LogP contribution is -2.22. The van der Waals surface area contributed by atoms with E-state index < -0.39 is 0 Å². The van der Waals surface area contributed by atoms with Crippen LogP contribution in [0.15, 0.2) is 36.5 Å². The number of hydrogen-bond donors (Lipinski definition) is 1. The standard InChI is InChI=1S/C15H19N3O/c1-11(2)16-9-13-5-4-6-15(18-13)19-14-8-7-12(3)17-10-14/h4-8,10-11,16H,9H2,1-3H3. The van der Waals surface area contributed by atoms with Crippen molar-refractivity contribution >= 4 is 0 Å². The first-order valence-electron chi connectivity index (χ1n) is 6.43. The van der Waals surface area contributed by atoms with Crippen LogP contribution in [0.2, 0.25) is 0 Å². The van der Waals surface area contributed by atoms with Crippen LogP contribution in [0.1, 0.15) is 25.2 Å². The van der Waals surface area contributed by atoms with Gasteiger partial charge in [-0.3, -0.25) is 4.98 Å². The van der Waals surface area contributed by atoms with Gasteiger partial charge in [0.1, 0.15) is 5.75 Å². The summed E-state index contributed by atoms with van der Waals surface area (Å²) in [5.74, 6) is 1.29. The normalized spacial score (nSPS) is 10.7. The van der Waals surface area contributed by atoms with E-state index in [9.17, 15) is 0 Å². The number of nitrogens with one attached hydrogen (secondary N) is 1. The highest BCUT2D eigenvalue weighted by atomic mass is 16.5. The summed E-state index contributed by atoms with van der Waals surface area (Å²) in [6.07, 6.45) is 1.70. The quantitative estimate of drug-likeness (QED) is 0.894. The molecule has 0 aromatic carbocycles. The average Bonchev–Trinajstić information content (AvgIpc) is 2.40. The molecule has 0 saturated carbocycles. The molecular weight excluding hydrogens is 238 g/mol. The first kappa shape index (κ1) is 13.5. The fourth-order valence-electron chi connectivity index (χ4n) is 1.56. The molecule has 0 aliphatic heterocycles. The fraction of sp³-hybridized carbons (Fsp3) is 0.333. The lowest BCUT2D eigenvalue weighted by molar-refractivity contribution is 0.456. The molecule has 100 valence electrons. The molecule has 2 aromatic heterocycles. The van der Waals surface area contributed by atoms with E-state index in [1.165, 1.54) is 0 Å². The largest absolute Gasteiger partial charge is 0.437 e. The molecule has 0 bridgehead atoms. The van der Waals surface area contributed by atoms with Gasteiger partial charge in [0.25, 0.3) is 0 Å². The van der Waals surface area contributed by atoms with Crippen LogP contribution in [-0.2, 0) is 6.54 Å². The predicted molar refractivity (Wildman–Crippen MR) is 75.3 cm³/mol. The monoisotopic (exact) mass is 257 g/mol. The van der Waals surface area contributed by atoms with E-state index in [-0.39, 0.29) is 0 Å². The molecular formula is C15H19N3O. The molecule has 0 fully saturated rings. The molecule has 2 heterocycles. The van der Waals surface area contributed by atoms with Crippen molar-refractivity contribution in [3.05, 3.63) is 47.9 Å². The van der Waals surface area contributed by atoms with Crippen molar-refractivity contribution in [1.82, 2.24) is 15.3 Å². The Morgan fingerprint density at radius 1 is 1.21 bits per heavy atom. The Kier molecular flexibility index (Phi) is 4.47. The van der Waals surface area contributed by atoms with Gasteiger partial charge in [-0.25, -0.2) is 4.98 Å². The molecule has 0 radical (unpaired) electrons. The summed E-state index contributed by atoms with van der Waals surface area (Å²) < 4.78 is 5.68. The van der Waals surface area contributed by atoms with Crippen molar-refractivity contribution < 1.29 is 4.74 Å². The molecule has 1 N–H and O–H groups in total. The maximum atomic E-state index is 5.68. The zero-order valence-electron chi connectivity index (χ0n) is 11.6. The summed E-state index contributed by atoms with van der Waals surface area (Å²) in [6.45, 7) is 6.90. The highest BCUT2D eigenvalue weighted by molar-refractivity contribution is 5.26. The summed E-state index contributed by atoms with van der Waals surface area (Å²) in [5.41, 5.74) is 1.93. The lowest BCUT2D eigenvalue weighted by atomic mass is 10.3. The fourth-order valence-corrected chi connectivity index (χ4v) is 1.56. The molecule has 0 spiro atoms. The van der Waals surface area contributed by atoms with Gasteiger partial charge in [-0.05, 0) is 25.1 Å². The van der Waals surface area contributed by atoms with Gasteiger partial charge in [-0.1, -0.05) is 19.9 Å². The topological polar surface area (TPSA) is 47.0 Å². The molecule has 2 rings (SSSR count). The third-order valence-electron chi connectivity index (χ3n) is 2.58. The van der Waals surface area contributed by atoms with Crippen molar-refractivity contribution in [3.63, 3.8) is 0 Å². The van der Waals surface area contributed by atoms with Crippen molar-refractivity contribution in [2.24, 2.45) is 0 Å². The van der Waals surface area contributed by atoms with Crippen LogP contribution in [-0.4, -0.2) is 16.0 Å². The maximum absolute atomic E-state index is 5.68. The number of aryl methyl sites for hydroxylation is 1. The van der Waals surface area contributed by atoms with E-state index in [1.54, 1.807) is 6.20 Å². The van der Waals surface area contributed by atoms with Gasteiger partial charge >= 0.3 is 0 Å². The number of rotatable bonds is 5. The predicted octanol–water partition coefficient (Wildman–Crippen LogP) is 3.08. The first-order chi connectivity index (χ1) is 9.13. The van der Waals surface area contributed by atoms with Crippen molar-refractivity contribution in [1.29, 1.82) is 0 Å². The summed E-state index contributed by atoms with van der Waals surface area (Å²) in [5, 5.41) is 3.33. The second kappa shape index (κ2) is 6.29. The minimum Gasteiger partial charge on any atom is -0.437 e. The Labute approximate surface area is 113 Å². The second-order valence-corrected chi connectivity index (χ2v) is 4.74. The first-order valence-corrected chi connectivity index (χ1v) is 6.43. The van der Waals surface area contributed by atoms with Gasteiger partial charge < -0.3 is 10.1 Å². The lowest BCUT2D eigenvalue weighted by Gasteiger charge is -2.09. The molecule has 0 amide bonds. The molecule has 0 unspecified atom stereocenters. The Hall–Kier alpha value is -1.94. The maximum Gasteiger partial charge on any atom is 0.219 e. The van der Waals surface area contributed by atoms with Crippen LogP contribution in [0, 0.1) is 6.92 Å². The Morgan fingerprint density at radius 3 is 2.74 bits per heavy atom. The highest BCUT2D eigenvalue weighted by Crippen LogP contribution is 2.18. The van der Waals surface area contributed by atoms with Gasteiger partial charge in [-0.15, -0.1) is 0 Å². The SMILES string of the molecule is Cc1ccc(Oc2cccc(CNC(C)C)n2)cn1. The van der Waals surface area contributed by atoms with Gasteiger partial charge in [0.15, 0.2) is 0 Å². The van der Waals surface area contributed by atoms with E-state index >= 15 is 0 Å². The number of nitrogens with zero attached hydrogens (tertiary/aromatic N) is 2. The highest BCUT2D eigenvalue weighted by Gasteiger charge is 2.02. The molecule has 0 aliphatic carbocycles. The molecule has 19 heavy (non-hydrogen) atoms. The van der Waals surface area contributed by atoms with E-state index in [4.69, 9.17) is 4.74 Å². The average molecular weight is 257 g/mol. The van der Waals surface area contributed by atoms with E-state index in [1.807, 2.05) is 37.3 Å². The summed E-state index contributed by atoms with van der Waals surface area (Å²) >= 11 is 0. The van der Waals surface area contributed by atoms with Crippen LogP contribution in [0.4, 0.5) is 0 Å². The second-order valence-electron chi connectivity index (χ2n) is 4.74. The Bertz CT molecular complexity index is 523. The van der Waals surface area contributed by atoms with Gasteiger partial charge in [0, 0.05) is 24.3 Å². The van der Waals surface area contributed by atoms with Gasteiger partial charge in [-0.2, -0.15) is 0 Å². The van der Waals surface area contributed by atoms with Crippen LogP contribution >= 0.6 is 0 Å². The minimum absolute atomic E-state index is 0.438. The van der Waals surface area contributed by atoms with Crippen LogP contribution < -0.4 is 10.1 Å². The third-order valence-corrected chi connectivity index (χ3v) is 2.58. The zero-order valence-corrected chi connectivity index (χ0v) is 11.6. The van der Waals surface area contributed by atoms with Gasteiger partial charge in [0.05, 0.1) is 11.9 Å². The number of pyridine rings is 2. The van der Waals surface area contributed by atoms with Crippen molar-refractivity contribution in [3.8, 4) is 11.6 Å². The number of hydrogen-bond acceptors (Lipinski definition) is 4. The van der Waals surface area contributed by atoms with E-state index in [0.29, 0.717) is 17.7 Å². The smallest absolute Gasteiger partial charge is 0.219 e. The molecule has 0 saturated heterocycles. The Balaban J connectivity index is 2.04. The summed E-state index contributed by atoms with van der Waals surface area (Å²) in [6, 6.07) is 10.0. The summed E-state index contributed by atoms with van der Waals surface area (Å²) in [4.78, 5) is 8.64. The van der Waals surface area contributed by atoms with E-state index in [0.717, 1.165) is 17.9 Å². The molecule has 0 atom stereocenters. The van der Waals surface area contributed by atoms with Crippen LogP contribution in [0.3, 0.4) is 0 Å². The Morgan fingerprint density at radius 2 is 2.05 bits per heavy atom. The van der Waals surface area contributed by atoms with Crippen molar-refractivity contribution in [2.45, 2.75) is 33.4 Å². The molecule has 4 nitrogen and oxygen atoms in total. The number of aromatic nitrogens is 2. The van der Waals surface area contributed by atoms with Crippen LogP contribution in [0.5, 0.6) is 11.6 Å². The van der Waals surface area contributed by atoms with Gasteiger partial charge in [0.2, 0.25) is 5.88 Å². The summed E-state index contributed by atoms with van der Waals surface area (Å²) in [7, 11) is 0. The van der Waals surface area contributed by atoms with E-state index in [2.05, 4.69) is 29.1 Å². The number of ether oxygens (including phenoxy) is 1. The molecule has 2 aromatic rings.